The van der Waals surface area contributed by atoms with Crippen LogP contribution in [0.2, 0.25) is 0 Å². The van der Waals surface area contributed by atoms with Crippen molar-refractivity contribution < 1.29 is 4.79 Å². The summed E-state index contributed by atoms with van der Waals surface area (Å²) in [4.78, 5) is 13.0. The van der Waals surface area contributed by atoms with Crippen molar-refractivity contribution in [1.82, 2.24) is 10.2 Å². The van der Waals surface area contributed by atoms with Crippen LogP contribution in [0.25, 0.3) is 0 Å². The number of allylic oxidation sites excluding steroid dienone is 3. The van der Waals surface area contributed by atoms with E-state index in [1.165, 1.54) is 4.90 Å². The van der Waals surface area contributed by atoms with Gasteiger partial charge in [-0.2, -0.15) is 0 Å². The van der Waals surface area contributed by atoms with E-state index in [0.29, 0.717) is 18.8 Å². The second-order valence-electron chi connectivity index (χ2n) is 3.37. The van der Waals surface area contributed by atoms with Crippen molar-refractivity contribution in [3.63, 3.8) is 0 Å². The summed E-state index contributed by atoms with van der Waals surface area (Å²) < 4.78 is 0. The second kappa shape index (κ2) is 8.73. The van der Waals surface area contributed by atoms with E-state index in [1.54, 1.807) is 25.3 Å². The highest BCUT2D eigenvalue weighted by Crippen LogP contribution is 2.00. The molecule has 0 aromatic heterocycles. The van der Waals surface area contributed by atoms with Crippen LogP contribution in [0.1, 0.15) is 12.8 Å². The molecule has 0 aromatic rings. The molecule has 0 aliphatic rings. The first-order valence-electron chi connectivity index (χ1n) is 5.33. The maximum Gasteiger partial charge on any atom is 0.321 e. The summed E-state index contributed by atoms with van der Waals surface area (Å²) in [5.74, 6) is 0. The van der Waals surface area contributed by atoms with Gasteiger partial charge in [-0.15, -0.1) is 0 Å². The number of likely N-dealkylation sites (N-methyl/N-ethyl adjacent to an activating group) is 1. The third-order valence-electron chi connectivity index (χ3n) is 2.07. The normalized spacial score (nSPS) is 10.1. The van der Waals surface area contributed by atoms with Crippen molar-refractivity contribution in [1.29, 1.82) is 0 Å². The third kappa shape index (κ3) is 6.03. The van der Waals surface area contributed by atoms with Gasteiger partial charge >= 0.3 is 6.03 Å². The lowest BCUT2D eigenvalue weighted by Gasteiger charge is -2.17. The molecule has 0 saturated heterocycles. The van der Waals surface area contributed by atoms with Crippen molar-refractivity contribution in [3.8, 4) is 0 Å². The van der Waals surface area contributed by atoms with Crippen molar-refractivity contribution in [2.75, 3.05) is 20.1 Å². The fourth-order valence-corrected chi connectivity index (χ4v) is 1.00. The molecule has 16 heavy (non-hydrogen) atoms. The van der Waals surface area contributed by atoms with Gasteiger partial charge in [0.1, 0.15) is 0 Å². The van der Waals surface area contributed by atoms with Crippen LogP contribution in [-0.4, -0.2) is 31.1 Å². The number of nitrogens with two attached hydrogens (primary N) is 1. The van der Waals surface area contributed by atoms with Gasteiger partial charge in [0, 0.05) is 19.3 Å². The van der Waals surface area contributed by atoms with Gasteiger partial charge in [0.25, 0.3) is 0 Å². The fraction of sp³-hybridized carbons (Fsp3) is 0.417. The van der Waals surface area contributed by atoms with Gasteiger partial charge in [-0.1, -0.05) is 25.3 Å². The molecule has 0 rings (SSSR count). The Morgan fingerprint density at radius 3 is 2.75 bits per heavy atom. The minimum absolute atomic E-state index is 0.157. The van der Waals surface area contributed by atoms with E-state index in [9.17, 15) is 4.79 Å². The van der Waals surface area contributed by atoms with E-state index in [2.05, 4.69) is 18.5 Å². The largest absolute Gasteiger partial charge is 0.338 e. The molecular formula is C12H21N3O. The maximum atomic E-state index is 11.6. The van der Waals surface area contributed by atoms with Crippen LogP contribution in [0.15, 0.2) is 37.1 Å². The smallest absolute Gasteiger partial charge is 0.321 e. The Labute approximate surface area is 97.5 Å². The van der Waals surface area contributed by atoms with Crippen molar-refractivity contribution in [3.05, 3.63) is 37.1 Å². The Morgan fingerprint density at radius 2 is 2.19 bits per heavy atom. The van der Waals surface area contributed by atoms with Gasteiger partial charge < -0.3 is 11.1 Å². The van der Waals surface area contributed by atoms with Gasteiger partial charge in [-0.3, -0.25) is 4.90 Å². The van der Waals surface area contributed by atoms with Gasteiger partial charge in [-0.05, 0) is 25.5 Å². The second-order valence-corrected chi connectivity index (χ2v) is 3.37. The number of carbonyl (C=O) groups is 1. The van der Waals surface area contributed by atoms with E-state index in [-0.39, 0.29) is 6.03 Å². The first-order valence-corrected chi connectivity index (χ1v) is 5.33. The summed E-state index contributed by atoms with van der Waals surface area (Å²) in [5, 5.41) is 2.79. The van der Waals surface area contributed by atoms with Crippen LogP contribution < -0.4 is 11.1 Å². The summed E-state index contributed by atoms with van der Waals surface area (Å²) in [7, 11) is 1.67. The summed E-state index contributed by atoms with van der Waals surface area (Å²) in [6.07, 6.45) is 6.91. The molecule has 0 radical (unpaired) electrons. The molecule has 0 saturated carbocycles. The molecule has 0 fully saturated rings. The number of hydrogen-bond acceptors (Lipinski definition) is 2. The van der Waals surface area contributed by atoms with Gasteiger partial charge in [-0.25, -0.2) is 4.79 Å². The van der Waals surface area contributed by atoms with Crippen LogP contribution in [0.4, 0.5) is 4.79 Å². The van der Waals surface area contributed by atoms with E-state index < -0.39 is 0 Å². The lowest BCUT2D eigenvalue weighted by Crippen LogP contribution is -2.36. The van der Waals surface area contributed by atoms with Gasteiger partial charge in [0.05, 0.1) is 0 Å². The van der Waals surface area contributed by atoms with Gasteiger partial charge in [0.2, 0.25) is 0 Å². The number of nitrogens with one attached hydrogen (secondary N) is 1. The van der Waals surface area contributed by atoms with Crippen LogP contribution >= 0.6 is 0 Å². The molecule has 0 aromatic carbocycles. The summed E-state index contributed by atoms with van der Waals surface area (Å²) in [6, 6.07) is -0.157. The minimum Gasteiger partial charge on any atom is -0.338 e. The molecule has 4 heteroatoms. The Balaban J connectivity index is 3.93. The highest BCUT2D eigenvalue weighted by molar-refractivity contribution is 5.76. The van der Waals surface area contributed by atoms with E-state index >= 15 is 0 Å². The lowest BCUT2D eigenvalue weighted by atomic mass is 10.3. The molecule has 0 bridgehead atoms. The van der Waals surface area contributed by atoms with E-state index in [0.717, 1.165) is 12.8 Å². The molecule has 3 N–H and O–H groups in total. The Morgan fingerprint density at radius 1 is 1.50 bits per heavy atom. The minimum atomic E-state index is -0.157. The Bertz CT molecular complexity index is 271. The fourth-order valence-electron chi connectivity index (χ4n) is 1.00. The van der Waals surface area contributed by atoms with Crippen LogP contribution in [0, 0.1) is 0 Å². The van der Waals surface area contributed by atoms with Crippen molar-refractivity contribution in [2.45, 2.75) is 12.8 Å². The molecule has 0 aliphatic heterocycles. The number of unbranched alkanes of at least 4 members (excludes halogenated alkanes) is 1. The van der Waals surface area contributed by atoms with E-state index in [4.69, 9.17) is 5.73 Å². The summed E-state index contributed by atoms with van der Waals surface area (Å²) in [5.41, 5.74) is 5.97. The zero-order chi connectivity index (χ0) is 12.4. The molecule has 0 heterocycles. The number of carbonyl (C=O) groups excluding carboxylic acids is 1. The number of urea groups is 1. The van der Waals surface area contributed by atoms with Crippen LogP contribution in [0.5, 0.6) is 0 Å². The zero-order valence-electron chi connectivity index (χ0n) is 9.91. The van der Waals surface area contributed by atoms with Crippen molar-refractivity contribution in [2.24, 2.45) is 5.73 Å². The first-order chi connectivity index (χ1) is 7.63. The predicted molar refractivity (Wildman–Crippen MR) is 67.9 cm³/mol. The monoisotopic (exact) mass is 223 g/mol. The summed E-state index contributed by atoms with van der Waals surface area (Å²) >= 11 is 0. The molecule has 0 spiro atoms. The van der Waals surface area contributed by atoms with Crippen molar-refractivity contribution >= 4 is 6.03 Å². The number of amides is 2. The molecule has 4 nitrogen and oxygen atoms in total. The number of hydrogen-bond donors (Lipinski definition) is 2. The van der Waals surface area contributed by atoms with Crippen LogP contribution in [-0.2, 0) is 0 Å². The number of nitrogens with zero attached hydrogens (tertiary/aromatic N) is 1. The lowest BCUT2D eigenvalue weighted by molar-refractivity contribution is 0.220. The van der Waals surface area contributed by atoms with Gasteiger partial charge in [0.15, 0.2) is 0 Å². The standard InChI is InChI=1S/C12H21N3O/c1-4-5-8-11(2)15(3)12(16)14-10-7-6-9-13/h4-5,8H,1-2,6-7,9-10,13H2,3H3,(H,14,16)/b8-5-. The predicted octanol–water partition coefficient (Wildman–Crippen LogP) is 1.62. The molecule has 90 valence electrons. The number of rotatable bonds is 7. The first kappa shape index (κ1) is 14.5. The maximum absolute atomic E-state index is 11.6. The Hall–Kier alpha value is -1.55. The molecule has 0 unspecified atom stereocenters. The third-order valence-corrected chi connectivity index (χ3v) is 2.07. The van der Waals surface area contributed by atoms with E-state index in [1.807, 2.05) is 0 Å². The molecule has 0 aliphatic carbocycles. The summed E-state index contributed by atoms with van der Waals surface area (Å²) in [6.45, 7) is 8.61. The van der Waals surface area contributed by atoms with Crippen LogP contribution in [0.3, 0.4) is 0 Å². The Kier molecular flexibility index (Phi) is 7.89. The average molecular weight is 223 g/mol. The topological polar surface area (TPSA) is 58.4 Å². The highest BCUT2D eigenvalue weighted by Gasteiger charge is 2.08. The zero-order valence-corrected chi connectivity index (χ0v) is 9.91. The quantitative estimate of drug-likeness (QED) is 0.509. The average Bonchev–Trinajstić information content (AvgIpc) is 2.30. The molecule has 2 amide bonds. The highest BCUT2D eigenvalue weighted by atomic mass is 16.2. The SMILES string of the molecule is C=C/C=C\C(=C)N(C)C(=O)NCCCCN. The molecular weight excluding hydrogens is 202 g/mol. The molecule has 0 atom stereocenters.